The maximum absolute atomic E-state index is 12.5. The Bertz CT molecular complexity index is 667. The Kier molecular flexibility index (Phi) is 6.50. The second-order valence-electron chi connectivity index (χ2n) is 6.77. The number of nitrogens with zero attached hydrogens (tertiary/aromatic N) is 3. The quantitative estimate of drug-likeness (QED) is 0.812. The topological polar surface area (TPSA) is 67.8 Å². The fourth-order valence-electron chi connectivity index (χ4n) is 3.61. The van der Waals surface area contributed by atoms with E-state index in [-0.39, 0.29) is 5.91 Å². The SMILES string of the molecule is CCCC(NC(=O)Cc1csc(-c2cnccn2)n1)C1CCCCC1. The summed E-state index contributed by atoms with van der Waals surface area (Å²) in [7, 11) is 0. The molecule has 0 radical (unpaired) electrons. The van der Waals surface area contributed by atoms with Crippen molar-refractivity contribution < 1.29 is 4.79 Å². The highest BCUT2D eigenvalue weighted by atomic mass is 32.1. The first-order valence-corrected chi connectivity index (χ1v) is 10.1. The number of amides is 1. The molecule has 0 aromatic carbocycles. The molecule has 2 aromatic rings. The van der Waals surface area contributed by atoms with Gasteiger partial charge in [-0.1, -0.05) is 32.6 Å². The lowest BCUT2D eigenvalue weighted by molar-refractivity contribution is -0.121. The molecule has 134 valence electrons. The molecule has 0 bridgehead atoms. The molecule has 0 aliphatic heterocycles. The van der Waals surface area contributed by atoms with Crippen molar-refractivity contribution in [1.29, 1.82) is 0 Å². The lowest BCUT2D eigenvalue weighted by Crippen LogP contribution is -2.41. The van der Waals surface area contributed by atoms with Crippen LogP contribution < -0.4 is 5.32 Å². The van der Waals surface area contributed by atoms with E-state index in [1.165, 1.54) is 43.4 Å². The van der Waals surface area contributed by atoms with Crippen molar-refractivity contribution in [2.75, 3.05) is 0 Å². The number of carbonyl (C=O) groups is 1. The van der Waals surface area contributed by atoms with Gasteiger partial charge in [0.05, 0.1) is 18.3 Å². The number of hydrogen-bond acceptors (Lipinski definition) is 5. The summed E-state index contributed by atoms with van der Waals surface area (Å²) in [6.45, 7) is 2.19. The molecule has 1 amide bonds. The predicted molar refractivity (Wildman–Crippen MR) is 100 cm³/mol. The minimum Gasteiger partial charge on any atom is -0.353 e. The van der Waals surface area contributed by atoms with Crippen LogP contribution in [0.25, 0.3) is 10.7 Å². The first-order valence-electron chi connectivity index (χ1n) is 9.26. The van der Waals surface area contributed by atoms with Crippen LogP contribution in [0.1, 0.15) is 57.6 Å². The normalized spacial score (nSPS) is 16.5. The summed E-state index contributed by atoms with van der Waals surface area (Å²) < 4.78 is 0. The van der Waals surface area contributed by atoms with E-state index in [0.717, 1.165) is 29.2 Å². The van der Waals surface area contributed by atoms with Crippen molar-refractivity contribution in [2.45, 2.75) is 64.3 Å². The molecular weight excluding hydrogens is 332 g/mol. The van der Waals surface area contributed by atoms with Gasteiger partial charge in [-0.25, -0.2) is 4.98 Å². The highest BCUT2D eigenvalue weighted by Crippen LogP contribution is 2.28. The fraction of sp³-hybridized carbons (Fsp3) is 0.579. The largest absolute Gasteiger partial charge is 0.353 e. The third-order valence-electron chi connectivity index (χ3n) is 4.84. The van der Waals surface area contributed by atoms with Crippen LogP contribution in [0.4, 0.5) is 0 Å². The number of aromatic nitrogens is 3. The smallest absolute Gasteiger partial charge is 0.226 e. The van der Waals surface area contributed by atoms with Crippen molar-refractivity contribution in [3.05, 3.63) is 29.7 Å². The van der Waals surface area contributed by atoms with Crippen LogP contribution in [-0.2, 0) is 11.2 Å². The van der Waals surface area contributed by atoms with Crippen LogP contribution >= 0.6 is 11.3 Å². The Morgan fingerprint density at radius 2 is 2.16 bits per heavy atom. The average Bonchev–Trinajstić information content (AvgIpc) is 3.11. The van der Waals surface area contributed by atoms with Crippen LogP contribution in [0.15, 0.2) is 24.0 Å². The zero-order valence-electron chi connectivity index (χ0n) is 14.8. The molecule has 2 aromatic heterocycles. The van der Waals surface area contributed by atoms with Gasteiger partial charge in [0.25, 0.3) is 0 Å². The summed E-state index contributed by atoms with van der Waals surface area (Å²) in [4.78, 5) is 25.4. The van der Waals surface area contributed by atoms with Crippen LogP contribution in [0, 0.1) is 5.92 Å². The van der Waals surface area contributed by atoms with E-state index in [9.17, 15) is 4.79 Å². The van der Waals surface area contributed by atoms with Gasteiger partial charge in [0.1, 0.15) is 10.7 Å². The minimum atomic E-state index is 0.0834. The molecule has 1 N–H and O–H groups in total. The highest BCUT2D eigenvalue weighted by Gasteiger charge is 2.24. The molecule has 1 aliphatic rings. The lowest BCUT2D eigenvalue weighted by atomic mass is 9.82. The molecule has 1 aliphatic carbocycles. The summed E-state index contributed by atoms with van der Waals surface area (Å²) >= 11 is 1.51. The first kappa shape index (κ1) is 18.0. The zero-order chi connectivity index (χ0) is 17.5. The van der Waals surface area contributed by atoms with Gasteiger partial charge in [0, 0.05) is 23.8 Å². The maximum atomic E-state index is 12.5. The van der Waals surface area contributed by atoms with E-state index >= 15 is 0 Å². The molecule has 0 spiro atoms. The van der Waals surface area contributed by atoms with Gasteiger partial charge < -0.3 is 5.32 Å². The van der Waals surface area contributed by atoms with Crippen molar-refractivity contribution in [3.8, 4) is 10.7 Å². The van der Waals surface area contributed by atoms with Gasteiger partial charge in [-0.05, 0) is 25.2 Å². The molecular formula is C19H26N4OS. The van der Waals surface area contributed by atoms with Gasteiger partial charge in [-0.2, -0.15) is 0 Å². The van der Waals surface area contributed by atoms with E-state index in [0.29, 0.717) is 18.4 Å². The summed E-state index contributed by atoms with van der Waals surface area (Å²) in [5, 5.41) is 6.04. The summed E-state index contributed by atoms with van der Waals surface area (Å²) in [6.07, 6.45) is 13.9. The number of thiazole rings is 1. The van der Waals surface area contributed by atoms with Gasteiger partial charge in [0.2, 0.25) is 5.91 Å². The Morgan fingerprint density at radius 3 is 2.88 bits per heavy atom. The van der Waals surface area contributed by atoms with Crippen LogP contribution in [-0.4, -0.2) is 26.9 Å². The van der Waals surface area contributed by atoms with E-state index in [4.69, 9.17) is 0 Å². The third-order valence-corrected chi connectivity index (χ3v) is 5.75. The Balaban J connectivity index is 1.58. The zero-order valence-corrected chi connectivity index (χ0v) is 15.6. The van der Waals surface area contributed by atoms with E-state index < -0.39 is 0 Å². The van der Waals surface area contributed by atoms with Gasteiger partial charge >= 0.3 is 0 Å². The number of carbonyl (C=O) groups excluding carboxylic acids is 1. The predicted octanol–water partition coefficient (Wildman–Crippen LogP) is 4.01. The summed E-state index contributed by atoms with van der Waals surface area (Å²) in [5.74, 6) is 0.725. The number of rotatable bonds is 7. The second kappa shape index (κ2) is 9.04. The lowest BCUT2D eigenvalue weighted by Gasteiger charge is -2.30. The van der Waals surface area contributed by atoms with Crippen LogP contribution in [0.2, 0.25) is 0 Å². The van der Waals surface area contributed by atoms with Crippen molar-refractivity contribution >= 4 is 17.2 Å². The molecule has 25 heavy (non-hydrogen) atoms. The molecule has 2 heterocycles. The standard InChI is InChI=1S/C19H26N4OS/c1-2-6-16(14-7-4-3-5-8-14)23-18(24)11-15-13-25-19(22-15)17-12-20-9-10-21-17/h9-10,12-14,16H,2-8,11H2,1H3,(H,23,24). The summed E-state index contributed by atoms with van der Waals surface area (Å²) in [5.41, 5.74) is 1.56. The first-order chi connectivity index (χ1) is 12.3. The molecule has 1 atom stereocenters. The number of nitrogens with one attached hydrogen (secondary N) is 1. The van der Waals surface area contributed by atoms with Crippen LogP contribution in [0.3, 0.4) is 0 Å². The molecule has 6 heteroatoms. The van der Waals surface area contributed by atoms with E-state index in [2.05, 4.69) is 27.2 Å². The van der Waals surface area contributed by atoms with Gasteiger partial charge in [-0.15, -0.1) is 11.3 Å². The highest BCUT2D eigenvalue weighted by molar-refractivity contribution is 7.13. The third kappa shape index (κ3) is 5.08. The second-order valence-corrected chi connectivity index (χ2v) is 7.63. The Hall–Kier alpha value is -1.82. The van der Waals surface area contributed by atoms with E-state index in [1.807, 2.05) is 5.38 Å². The molecule has 5 nitrogen and oxygen atoms in total. The van der Waals surface area contributed by atoms with Crippen molar-refractivity contribution in [3.63, 3.8) is 0 Å². The van der Waals surface area contributed by atoms with Gasteiger partial charge in [-0.3, -0.25) is 14.8 Å². The monoisotopic (exact) mass is 358 g/mol. The van der Waals surface area contributed by atoms with Crippen molar-refractivity contribution in [2.24, 2.45) is 5.92 Å². The van der Waals surface area contributed by atoms with Crippen molar-refractivity contribution in [1.82, 2.24) is 20.3 Å². The minimum absolute atomic E-state index is 0.0834. The van der Waals surface area contributed by atoms with Gasteiger partial charge in [0.15, 0.2) is 0 Å². The summed E-state index contributed by atoms with van der Waals surface area (Å²) in [6, 6.07) is 0.316. The molecule has 1 saturated carbocycles. The molecule has 1 unspecified atom stereocenters. The number of hydrogen-bond donors (Lipinski definition) is 1. The Morgan fingerprint density at radius 1 is 1.32 bits per heavy atom. The van der Waals surface area contributed by atoms with E-state index in [1.54, 1.807) is 18.6 Å². The molecule has 1 fully saturated rings. The fourth-order valence-corrected chi connectivity index (χ4v) is 4.39. The maximum Gasteiger partial charge on any atom is 0.226 e. The molecule has 3 rings (SSSR count). The Labute approximate surface area is 153 Å². The van der Waals surface area contributed by atoms with Crippen LogP contribution in [0.5, 0.6) is 0 Å². The molecule has 0 saturated heterocycles. The average molecular weight is 359 g/mol.